The number of para-hydroxylation sites is 1. The van der Waals surface area contributed by atoms with E-state index in [9.17, 15) is 9.59 Å². The van der Waals surface area contributed by atoms with Crippen LogP contribution in [0.2, 0.25) is 0 Å². The Morgan fingerprint density at radius 3 is 2.63 bits per heavy atom. The van der Waals surface area contributed by atoms with E-state index in [2.05, 4.69) is 5.32 Å². The molecule has 4 heteroatoms. The Bertz CT molecular complexity index is 458. The number of anilines is 1. The van der Waals surface area contributed by atoms with Gasteiger partial charge < -0.3 is 10.2 Å². The Morgan fingerprint density at radius 2 is 2.00 bits per heavy atom. The minimum Gasteiger partial charge on any atom is -0.344 e. The Hall–Kier alpha value is -1.84. The Kier molecular flexibility index (Phi) is 4.20. The van der Waals surface area contributed by atoms with Crippen LogP contribution in [0.5, 0.6) is 0 Å². The van der Waals surface area contributed by atoms with Gasteiger partial charge in [0.05, 0.1) is 0 Å². The third kappa shape index (κ3) is 2.95. The van der Waals surface area contributed by atoms with E-state index in [0.29, 0.717) is 13.0 Å². The summed E-state index contributed by atoms with van der Waals surface area (Å²) >= 11 is 0. The van der Waals surface area contributed by atoms with Gasteiger partial charge in [-0.3, -0.25) is 9.59 Å². The van der Waals surface area contributed by atoms with Crippen molar-refractivity contribution in [3.05, 3.63) is 30.3 Å². The molecule has 0 aromatic heterocycles. The molecule has 1 aliphatic rings. The summed E-state index contributed by atoms with van der Waals surface area (Å²) in [6.45, 7) is 4.47. The van der Waals surface area contributed by atoms with Gasteiger partial charge in [0.15, 0.2) is 0 Å². The van der Waals surface area contributed by atoms with Crippen molar-refractivity contribution in [2.45, 2.75) is 32.7 Å². The zero-order chi connectivity index (χ0) is 13.8. The fraction of sp³-hybridized carbons (Fsp3) is 0.467. The second kappa shape index (κ2) is 5.87. The van der Waals surface area contributed by atoms with Crippen molar-refractivity contribution < 1.29 is 9.59 Å². The first-order valence-electron chi connectivity index (χ1n) is 6.79. The van der Waals surface area contributed by atoms with Crippen LogP contribution in [0, 0.1) is 5.92 Å². The molecule has 2 unspecified atom stereocenters. The number of benzene rings is 1. The molecule has 0 aliphatic carbocycles. The molecule has 2 amide bonds. The van der Waals surface area contributed by atoms with Gasteiger partial charge in [-0.25, -0.2) is 0 Å². The van der Waals surface area contributed by atoms with Gasteiger partial charge in [0, 0.05) is 18.7 Å². The molecule has 102 valence electrons. The normalized spacial score (nSPS) is 21.8. The topological polar surface area (TPSA) is 49.4 Å². The van der Waals surface area contributed by atoms with Crippen LogP contribution in [0.1, 0.15) is 26.7 Å². The first-order valence-corrected chi connectivity index (χ1v) is 6.79. The van der Waals surface area contributed by atoms with Gasteiger partial charge in [-0.1, -0.05) is 38.5 Å². The summed E-state index contributed by atoms with van der Waals surface area (Å²) in [5, 5.41) is 2.85. The van der Waals surface area contributed by atoms with Crippen molar-refractivity contribution >= 4 is 17.5 Å². The van der Waals surface area contributed by atoms with Gasteiger partial charge in [-0.15, -0.1) is 0 Å². The lowest BCUT2D eigenvalue weighted by molar-refractivity contribution is -0.126. The lowest BCUT2D eigenvalue weighted by Crippen LogP contribution is -2.48. The van der Waals surface area contributed by atoms with E-state index < -0.39 is 6.04 Å². The molecule has 1 aliphatic heterocycles. The second-order valence-electron chi connectivity index (χ2n) is 5.01. The minimum atomic E-state index is -0.416. The predicted molar refractivity (Wildman–Crippen MR) is 74.8 cm³/mol. The number of carbonyl (C=O) groups is 2. The van der Waals surface area contributed by atoms with Crippen LogP contribution in [-0.2, 0) is 9.59 Å². The molecule has 0 bridgehead atoms. The van der Waals surface area contributed by atoms with Crippen LogP contribution in [0.3, 0.4) is 0 Å². The molecule has 1 aromatic carbocycles. The van der Waals surface area contributed by atoms with Crippen molar-refractivity contribution in [3.63, 3.8) is 0 Å². The fourth-order valence-electron chi connectivity index (χ4n) is 2.28. The molecule has 2 rings (SSSR count). The summed E-state index contributed by atoms with van der Waals surface area (Å²) in [4.78, 5) is 26.1. The summed E-state index contributed by atoms with van der Waals surface area (Å²) in [6, 6.07) is 9.12. The molecule has 19 heavy (non-hydrogen) atoms. The lowest BCUT2D eigenvalue weighted by Gasteiger charge is -2.27. The van der Waals surface area contributed by atoms with Gasteiger partial charge >= 0.3 is 0 Å². The summed E-state index contributed by atoms with van der Waals surface area (Å²) in [5.41, 5.74) is 0.859. The van der Waals surface area contributed by atoms with E-state index in [4.69, 9.17) is 0 Å². The van der Waals surface area contributed by atoms with E-state index >= 15 is 0 Å². The number of hydrogen-bond acceptors (Lipinski definition) is 2. The molecule has 1 fully saturated rings. The maximum atomic E-state index is 12.6. The molecular weight excluding hydrogens is 240 g/mol. The smallest absolute Gasteiger partial charge is 0.249 e. The van der Waals surface area contributed by atoms with Crippen LogP contribution in [-0.4, -0.2) is 24.4 Å². The zero-order valence-corrected chi connectivity index (χ0v) is 11.4. The predicted octanol–water partition coefficient (Wildman–Crippen LogP) is 1.95. The molecule has 1 aromatic rings. The van der Waals surface area contributed by atoms with Gasteiger partial charge in [-0.2, -0.15) is 0 Å². The molecular formula is C15H20N2O2. The largest absolute Gasteiger partial charge is 0.344 e. The van der Waals surface area contributed by atoms with Crippen molar-refractivity contribution in [1.29, 1.82) is 0 Å². The number of amides is 2. The van der Waals surface area contributed by atoms with Crippen LogP contribution in [0.25, 0.3) is 0 Å². The number of nitrogens with one attached hydrogen (secondary N) is 1. The summed E-state index contributed by atoms with van der Waals surface area (Å²) < 4.78 is 0. The highest BCUT2D eigenvalue weighted by atomic mass is 16.2. The molecule has 1 N–H and O–H groups in total. The second-order valence-corrected chi connectivity index (χ2v) is 5.01. The van der Waals surface area contributed by atoms with Gasteiger partial charge in [0.25, 0.3) is 0 Å². The monoisotopic (exact) mass is 260 g/mol. The maximum absolute atomic E-state index is 12.6. The number of nitrogens with zero attached hydrogens (tertiary/aromatic N) is 1. The highest BCUT2D eigenvalue weighted by Crippen LogP contribution is 2.20. The average molecular weight is 260 g/mol. The standard InChI is InChI=1S/C15H20N2O2/c1-3-11(2)14-15(19)17(10-9-13(18)16-14)12-7-5-4-6-8-12/h4-8,11,14H,3,9-10H2,1-2H3,(H,16,18). The highest BCUT2D eigenvalue weighted by molar-refractivity contribution is 6.01. The zero-order valence-electron chi connectivity index (χ0n) is 11.4. The van der Waals surface area contributed by atoms with Crippen LogP contribution >= 0.6 is 0 Å². The first kappa shape index (κ1) is 13.6. The molecule has 0 spiro atoms. The Balaban J connectivity index is 2.29. The maximum Gasteiger partial charge on any atom is 0.249 e. The van der Waals surface area contributed by atoms with E-state index in [1.165, 1.54) is 0 Å². The van der Waals surface area contributed by atoms with E-state index in [0.717, 1.165) is 12.1 Å². The van der Waals surface area contributed by atoms with E-state index in [1.807, 2.05) is 44.2 Å². The first-order chi connectivity index (χ1) is 9.13. The summed E-state index contributed by atoms with van der Waals surface area (Å²) in [6.07, 6.45) is 1.22. The Morgan fingerprint density at radius 1 is 1.32 bits per heavy atom. The van der Waals surface area contributed by atoms with Crippen molar-refractivity contribution in [3.8, 4) is 0 Å². The van der Waals surface area contributed by atoms with E-state index in [-0.39, 0.29) is 17.7 Å². The number of carbonyl (C=O) groups excluding carboxylic acids is 2. The van der Waals surface area contributed by atoms with Gasteiger partial charge in [0.2, 0.25) is 11.8 Å². The van der Waals surface area contributed by atoms with Crippen LogP contribution in [0.15, 0.2) is 30.3 Å². The minimum absolute atomic E-state index is 0.00796. The molecule has 0 saturated carbocycles. The third-order valence-electron chi connectivity index (χ3n) is 3.69. The highest BCUT2D eigenvalue weighted by Gasteiger charge is 2.33. The van der Waals surface area contributed by atoms with E-state index in [1.54, 1.807) is 4.90 Å². The van der Waals surface area contributed by atoms with Gasteiger partial charge in [0.1, 0.15) is 6.04 Å². The number of hydrogen-bond donors (Lipinski definition) is 1. The molecule has 1 heterocycles. The average Bonchev–Trinajstić information content (AvgIpc) is 2.59. The number of rotatable bonds is 3. The fourth-order valence-corrected chi connectivity index (χ4v) is 2.28. The lowest BCUT2D eigenvalue weighted by atomic mass is 9.98. The molecule has 0 radical (unpaired) electrons. The van der Waals surface area contributed by atoms with Crippen molar-refractivity contribution in [2.75, 3.05) is 11.4 Å². The van der Waals surface area contributed by atoms with Crippen molar-refractivity contribution in [1.82, 2.24) is 5.32 Å². The molecule has 1 saturated heterocycles. The van der Waals surface area contributed by atoms with Gasteiger partial charge in [-0.05, 0) is 18.1 Å². The SMILES string of the molecule is CCC(C)C1NC(=O)CCN(c2ccccc2)C1=O. The summed E-state index contributed by atoms with van der Waals surface area (Å²) in [7, 11) is 0. The summed E-state index contributed by atoms with van der Waals surface area (Å²) in [5.74, 6) is 0.0873. The molecule has 4 nitrogen and oxygen atoms in total. The van der Waals surface area contributed by atoms with Crippen LogP contribution in [0.4, 0.5) is 5.69 Å². The Labute approximate surface area is 113 Å². The van der Waals surface area contributed by atoms with Crippen molar-refractivity contribution in [2.24, 2.45) is 5.92 Å². The van der Waals surface area contributed by atoms with Crippen LogP contribution < -0.4 is 10.2 Å². The third-order valence-corrected chi connectivity index (χ3v) is 3.69. The molecule has 2 atom stereocenters. The quantitative estimate of drug-likeness (QED) is 0.903.